The molecule has 1 unspecified atom stereocenters. The van der Waals surface area contributed by atoms with Gasteiger partial charge in [0.05, 0.1) is 24.4 Å². The van der Waals surface area contributed by atoms with Gasteiger partial charge in [-0.05, 0) is 44.4 Å². The van der Waals surface area contributed by atoms with Gasteiger partial charge in [0.1, 0.15) is 5.75 Å². The van der Waals surface area contributed by atoms with Crippen molar-refractivity contribution in [1.82, 2.24) is 10.3 Å². The van der Waals surface area contributed by atoms with Gasteiger partial charge in [-0.15, -0.1) is 0 Å². The molecule has 0 aromatic carbocycles. The number of ether oxygens (including phenoxy) is 2. The molecule has 1 aliphatic rings. The fourth-order valence-corrected chi connectivity index (χ4v) is 3.32. The number of nitrogens with zero attached hydrogens (tertiary/aromatic N) is 1. The molecule has 1 saturated carbocycles. The van der Waals surface area contributed by atoms with Crippen LogP contribution in [0.4, 0.5) is 0 Å². The second-order valence-electron chi connectivity index (χ2n) is 5.75. The number of methoxy groups -OCH3 is 1. The highest BCUT2D eigenvalue weighted by atomic mass is 16.5. The first-order valence-electron chi connectivity index (χ1n) is 8.12. The molecular weight excluding hydrogens is 264 g/mol. The number of hydrogen-bond donors (Lipinski definition) is 1. The Balaban J connectivity index is 2.28. The van der Waals surface area contributed by atoms with Crippen molar-refractivity contribution in [1.29, 1.82) is 0 Å². The molecule has 0 amide bonds. The van der Waals surface area contributed by atoms with Crippen molar-refractivity contribution in [2.45, 2.75) is 57.6 Å². The Labute approximate surface area is 128 Å². The van der Waals surface area contributed by atoms with Crippen LogP contribution in [-0.2, 0) is 4.74 Å². The minimum Gasteiger partial charge on any atom is -0.492 e. The maximum atomic E-state index is 5.98. The van der Waals surface area contributed by atoms with Crippen molar-refractivity contribution in [3.8, 4) is 5.75 Å². The highest BCUT2D eigenvalue weighted by molar-refractivity contribution is 5.28. The Bertz CT molecular complexity index is 431. The van der Waals surface area contributed by atoms with Crippen LogP contribution < -0.4 is 10.1 Å². The van der Waals surface area contributed by atoms with E-state index in [0.717, 1.165) is 37.1 Å². The molecule has 118 valence electrons. The molecular formula is C17H28N2O2. The average Bonchev–Trinajstić information content (AvgIpc) is 2.98. The van der Waals surface area contributed by atoms with E-state index < -0.39 is 0 Å². The second kappa shape index (κ2) is 7.76. The zero-order valence-corrected chi connectivity index (χ0v) is 13.5. The summed E-state index contributed by atoms with van der Waals surface area (Å²) in [6.45, 7) is 5.82. The first-order chi connectivity index (χ1) is 10.3. The van der Waals surface area contributed by atoms with E-state index in [4.69, 9.17) is 9.47 Å². The van der Waals surface area contributed by atoms with E-state index >= 15 is 0 Å². The van der Waals surface area contributed by atoms with Crippen molar-refractivity contribution in [2.24, 2.45) is 0 Å². The molecule has 0 saturated heterocycles. The Morgan fingerprint density at radius 3 is 2.67 bits per heavy atom. The van der Waals surface area contributed by atoms with Gasteiger partial charge < -0.3 is 14.8 Å². The van der Waals surface area contributed by atoms with Crippen LogP contribution in [0.2, 0.25) is 0 Å². The number of pyridine rings is 1. The van der Waals surface area contributed by atoms with Gasteiger partial charge in [-0.2, -0.15) is 0 Å². The van der Waals surface area contributed by atoms with E-state index in [-0.39, 0.29) is 11.6 Å². The van der Waals surface area contributed by atoms with E-state index in [1.165, 1.54) is 12.8 Å². The van der Waals surface area contributed by atoms with E-state index in [9.17, 15) is 0 Å². The van der Waals surface area contributed by atoms with Gasteiger partial charge in [0, 0.05) is 13.3 Å². The summed E-state index contributed by atoms with van der Waals surface area (Å²) in [7, 11) is 1.84. The largest absolute Gasteiger partial charge is 0.492 e. The van der Waals surface area contributed by atoms with Crippen LogP contribution in [0.15, 0.2) is 18.5 Å². The first-order valence-corrected chi connectivity index (χ1v) is 8.12. The summed E-state index contributed by atoms with van der Waals surface area (Å²) in [6, 6.07) is 2.28. The van der Waals surface area contributed by atoms with Crippen LogP contribution in [0.1, 0.15) is 57.6 Å². The van der Waals surface area contributed by atoms with E-state index in [1.54, 1.807) is 6.20 Å². The lowest BCUT2D eigenvalue weighted by Crippen LogP contribution is -2.44. The van der Waals surface area contributed by atoms with Gasteiger partial charge in [0.15, 0.2) is 0 Å². The third-order valence-corrected chi connectivity index (χ3v) is 4.36. The Kier molecular flexibility index (Phi) is 6.00. The van der Waals surface area contributed by atoms with Gasteiger partial charge in [-0.3, -0.25) is 4.98 Å². The smallest absolute Gasteiger partial charge is 0.137 e. The van der Waals surface area contributed by atoms with Crippen molar-refractivity contribution in [2.75, 3.05) is 20.3 Å². The Morgan fingerprint density at radius 1 is 1.29 bits per heavy atom. The predicted molar refractivity (Wildman–Crippen MR) is 84.6 cm³/mol. The molecule has 1 aliphatic carbocycles. The molecule has 1 fully saturated rings. The maximum Gasteiger partial charge on any atom is 0.137 e. The topological polar surface area (TPSA) is 43.4 Å². The van der Waals surface area contributed by atoms with Crippen LogP contribution in [0, 0.1) is 0 Å². The van der Waals surface area contributed by atoms with Gasteiger partial charge in [0.25, 0.3) is 0 Å². The first kappa shape index (κ1) is 16.2. The highest BCUT2D eigenvalue weighted by Crippen LogP contribution is 2.42. The SMILES string of the molecule is CCCNC(c1cncc(OCC)c1)C1(OC)CCCC1. The fourth-order valence-electron chi connectivity index (χ4n) is 3.32. The van der Waals surface area contributed by atoms with E-state index in [0.29, 0.717) is 6.61 Å². The maximum absolute atomic E-state index is 5.98. The fraction of sp³-hybridized carbons (Fsp3) is 0.706. The number of nitrogens with one attached hydrogen (secondary N) is 1. The third-order valence-electron chi connectivity index (χ3n) is 4.36. The van der Waals surface area contributed by atoms with Gasteiger partial charge >= 0.3 is 0 Å². The summed E-state index contributed by atoms with van der Waals surface area (Å²) in [5.41, 5.74) is 1.06. The molecule has 4 heteroatoms. The van der Waals surface area contributed by atoms with Crippen LogP contribution in [-0.4, -0.2) is 30.8 Å². The summed E-state index contributed by atoms with van der Waals surface area (Å²) < 4.78 is 11.6. The average molecular weight is 292 g/mol. The Morgan fingerprint density at radius 2 is 2.05 bits per heavy atom. The molecule has 0 radical (unpaired) electrons. The third kappa shape index (κ3) is 3.74. The van der Waals surface area contributed by atoms with E-state index in [2.05, 4.69) is 23.3 Å². The lowest BCUT2D eigenvalue weighted by molar-refractivity contribution is -0.0368. The van der Waals surface area contributed by atoms with Gasteiger partial charge in [-0.25, -0.2) is 0 Å². The summed E-state index contributed by atoms with van der Waals surface area (Å²) in [4.78, 5) is 4.35. The zero-order valence-electron chi connectivity index (χ0n) is 13.5. The standard InChI is InChI=1S/C17H28N2O2/c1-4-10-19-16(17(20-3)8-6-7-9-17)14-11-15(21-5-2)13-18-12-14/h11-13,16,19H,4-10H2,1-3H3. The van der Waals surface area contributed by atoms with Crippen LogP contribution >= 0.6 is 0 Å². The summed E-state index contributed by atoms with van der Waals surface area (Å²) >= 11 is 0. The lowest BCUT2D eigenvalue weighted by atomic mass is 9.87. The van der Waals surface area contributed by atoms with Crippen LogP contribution in [0.25, 0.3) is 0 Å². The second-order valence-corrected chi connectivity index (χ2v) is 5.75. The minimum atomic E-state index is -0.109. The summed E-state index contributed by atoms with van der Waals surface area (Å²) in [5.74, 6) is 0.836. The quantitative estimate of drug-likeness (QED) is 0.796. The molecule has 1 aromatic heterocycles. The summed E-state index contributed by atoms with van der Waals surface area (Å²) in [5, 5.41) is 3.67. The molecule has 1 N–H and O–H groups in total. The van der Waals surface area contributed by atoms with Crippen molar-refractivity contribution in [3.05, 3.63) is 24.0 Å². The minimum absolute atomic E-state index is 0.109. The van der Waals surface area contributed by atoms with Crippen molar-refractivity contribution < 1.29 is 9.47 Å². The van der Waals surface area contributed by atoms with Gasteiger partial charge in [0.2, 0.25) is 0 Å². The van der Waals surface area contributed by atoms with Crippen molar-refractivity contribution >= 4 is 0 Å². The molecule has 0 bridgehead atoms. The number of rotatable bonds is 8. The molecule has 2 rings (SSSR count). The molecule has 1 heterocycles. The molecule has 1 atom stereocenters. The van der Waals surface area contributed by atoms with E-state index in [1.807, 2.05) is 20.2 Å². The number of aromatic nitrogens is 1. The highest BCUT2D eigenvalue weighted by Gasteiger charge is 2.42. The van der Waals surface area contributed by atoms with Crippen LogP contribution in [0.3, 0.4) is 0 Å². The Hall–Kier alpha value is -1.13. The molecule has 1 aromatic rings. The molecule has 4 nitrogen and oxygen atoms in total. The van der Waals surface area contributed by atoms with Gasteiger partial charge in [-0.1, -0.05) is 19.8 Å². The molecule has 21 heavy (non-hydrogen) atoms. The normalized spacial score (nSPS) is 18.6. The monoisotopic (exact) mass is 292 g/mol. The molecule has 0 spiro atoms. The number of hydrogen-bond acceptors (Lipinski definition) is 4. The van der Waals surface area contributed by atoms with Crippen LogP contribution in [0.5, 0.6) is 5.75 Å². The lowest BCUT2D eigenvalue weighted by Gasteiger charge is -2.37. The zero-order chi connectivity index (χ0) is 15.1. The van der Waals surface area contributed by atoms with Crippen molar-refractivity contribution in [3.63, 3.8) is 0 Å². The predicted octanol–water partition coefficient (Wildman–Crippen LogP) is 3.48. The molecule has 0 aliphatic heterocycles. The summed E-state index contributed by atoms with van der Waals surface area (Å²) in [6.07, 6.45) is 9.49.